The van der Waals surface area contributed by atoms with Crippen molar-refractivity contribution in [3.8, 4) is 0 Å². The first kappa shape index (κ1) is 20.5. The average Bonchev–Trinajstić information content (AvgIpc) is 3.07. The molecular formula is C23H25N7O2S. The van der Waals surface area contributed by atoms with E-state index in [1.807, 2.05) is 26.0 Å². The number of carbonyl (C=O) groups is 2. The Bertz CT molecular complexity index is 1240. The number of likely N-dealkylation sites (tertiary alicyclic amines) is 1. The third-order valence-corrected chi connectivity index (χ3v) is 8.08. The second-order valence-electron chi connectivity index (χ2n) is 9.57. The molecule has 1 aliphatic heterocycles. The van der Waals surface area contributed by atoms with Crippen LogP contribution in [-0.2, 0) is 4.79 Å². The zero-order valence-corrected chi connectivity index (χ0v) is 19.4. The van der Waals surface area contributed by atoms with Gasteiger partial charge in [0, 0.05) is 30.9 Å². The van der Waals surface area contributed by atoms with Crippen molar-refractivity contribution in [1.29, 1.82) is 0 Å². The summed E-state index contributed by atoms with van der Waals surface area (Å²) in [4.78, 5) is 45.4. The smallest absolute Gasteiger partial charge is 0.274 e. The Morgan fingerprint density at radius 2 is 2.00 bits per heavy atom. The van der Waals surface area contributed by atoms with Gasteiger partial charge in [-0.25, -0.2) is 9.97 Å². The molecule has 3 aromatic rings. The first-order valence-corrected chi connectivity index (χ1v) is 12.1. The highest BCUT2D eigenvalue weighted by Gasteiger charge is 2.61. The predicted molar refractivity (Wildman–Crippen MR) is 124 cm³/mol. The van der Waals surface area contributed by atoms with Gasteiger partial charge in [0.05, 0.1) is 17.1 Å². The van der Waals surface area contributed by atoms with Gasteiger partial charge in [0.25, 0.3) is 5.91 Å². The van der Waals surface area contributed by atoms with E-state index in [0.717, 1.165) is 35.8 Å². The molecule has 4 heterocycles. The Morgan fingerprint density at radius 1 is 1.21 bits per heavy atom. The van der Waals surface area contributed by atoms with Crippen molar-refractivity contribution in [2.75, 3.05) is 18.4 Å². The summed E-state index contributed by atoms with van der Waals surface area (Å²) < 4.78 is 0.693. The highest BCUT2D eigenvalue weighted by molar-refractivity contribution is 7.18. The SMILES string of the molecule is Cc1nc2nc(N[C@@H](C)c3cccnc3)nc(C(=O)N3CC(NC(=O)C45CC(C4)C5)C3)c2s1. The van der Waals surface area contributed by atoms with Crippen molar-refractivity contribution in [1.82, 2.24) is 30.2 Å². The monoisotopic (exact) mass is 463 g/mol. The number of nitrogens with zero attached hydrogens (tertiary/aromatic N) is 5. The summed E-state index contributed by atoms with van der Waals surface area (Å²) in [6.45, 7) is 4.89. The average molecular weight is 464 g/mol. The molecule has 33 heavy (non-hydrogen) atoms. The summed E-state index contributed by atoms with van der Waals surface area (Å²) in [6.07, 6.45) is 6.61. The molecule has 2 amide bonds. The fraction of sp³-hybridized carbons (Fsp3) is 0.478. The second-order valence-corrected chi connectivity index (χ2v) is 10.8. The molecule has 1 atom stereocenters. The number of aromatic nitrogens is 4. The van der Waals surface area contributed by atoms with E-state index in [1.54, 1.807) is 17.3 Å². The number of amides is 2. The van der Waals surface area contributed by atoms with Crippen LogP contribution in [0.4, 0.5) is 5.95 Å². The van der Waals surface area contributed by atoms with Crippen LogP contribution in [0.5, 0.6) is 0 Å². The van der Waals surface area contributed by atoms with Crippen LogP contribution in [0.1, 0.15) is 53.3 Å². The van der Waals surface area contributed by atoms with E-state index in [1.165, 1.54) is 11.3 Å². The van der Waals surface area contributed by atoms with Crippen molar-refractivity contribution in [3.05, 3.63) is 40.8 Å². The third-order valence-electron chi connectivity index (χ3n) is 7.12. The zero-order chi connectivity index (χ0) is 22.7. The van der Waals surface area contributed by atoms with E-state index in [2.05, 4.69) is 30.6 Å². The lowest BCUT2D eigenvalue weighted by Gasteiger charge is -2.60. The topological polar surface area (TPSA) is 113 Å². The number of thiazole rings is 1. The Morgan fingerprint density at radius 3 is 2.67 bits per heavy atom. The fourth-order valence-corrected chi connectivity index (χ4v) is 5.87. The quantitative estimate of drug-likeness (QED) is 0.578. The van der Waals surface area contributed by atoms with Gasteiger partial charge >= 0.3 is 0 Å². The number of fused-ring (bicyclic) bond motifs is 1. The Balaban J connectivity index is 1.18. The Hall–Kier alpha value is -3.14. The van der Waals surface area contributed by atoms with Crippen LogP contribution in [-0.4, -0.2) is 55.8 Å². The minimum Gasteiger partial charge on any atom is -0.349 e. The van der Waals surface area contributed by atoms with Gasteiger partial charge < -0.3 is 15.5 Å². The lowest BCUT2D eigenvalue weighted by atomic mass is 9.44. The summed E-state index contributed by atoms with van der Waals surface area (Å²) in [5.74, 6) is 1.14. The normalized spacial score (nSPS) is 24.4. The summed E-state index contributed by atoms with van der Waals surface area (Å²) in [6, 6.07) is 3.78. The molecule has 0 radical (unpaired) electrons. The van der Waals surface area contributed by atoms with E-state index < -0.39 is 0 Å². The van der Waals surface area contributed by atoms with Gasteiger partial charge in [0.1, 0.15) is 4.70 Å². The fourth-order valence-electron chi connectivity index (χ4n) is 5.03. The van der Waals surface area contributed by atoms with Crippen LogP contribution in [0, 0.1) is 18.3 Å². The van der Waals surface area contributed by atoms with E-state index >= 15 is 0 Å². The Labute approximate surface area is 195 Å². The molecule has 7 rings (SSSR count). The molecule has 3 saturated carbocycles. The minimum atomic E-state index is -0.154. The van der Waals surface area contributed by atoms with Crippen molar-refractivity contribution >= 4 is 39.4 Å². The van der Waals surface area contributed by atoms with Gasteiger partial charge in [-0.15, -0.1) is 11.3 Å². The van der Waals surface area contributed by atoms with Crippen molar-refractivity contribution < 1.29 is 9.59 Å². The lowest BCUT2D eigenvalue weighted by molar-refractivity contribution is -0.166. The predicted octanol–water partition coefficient (Wildman–Crippen LogP) is 2.70. The molecule has 10 heteroatoms. The number of nitrogens with one attached hydrogen (secondary N) is 2. The van der Waals surface area contributed by atoms with Gasteiger partial charge in [-0.05, 0) is 50.7 Å². The first-order chi connectivity index (χ1) is 15.9. The molecule has 0 unspecified atom stereocenters. The molecule has 170 valence electrons. The second kappa shape index (κ2) is 7.44. The van der Waals surface area contributed by atoms with Crippen LogP contribution < -0.4 is 10.6 Å². The summed E-state index contributed by atoms with van der Waals surface area (Å²) >= 11 is 1.42. The zero-order valence-electron chi connectivity index (χ0n) is 18.5. The lowest BCUT2D eigenvalue weighted by Crippen LogP contribution is -2.67. The molecule has 2 N–H and O–H groups in total. The number of carbonyl (C=O) groups excluding carboxylic acids is 2. The Kier molecular flexibility index (Phi) is 4.62. The van der Waals surface area contributed by atoms with Crippen LogP contribution in [0.3, 0.4) is 0 Å². The molecule has 3 aromatic heterocycles. The van der Waals surface area contributed by atoms with Crippen LogP contribution in [0.15, 0.2) is 24.5 Å². The highest BCUT2D eigenvalue weighted by Crippen LogP contribution is 2.64. The largest absolute Gasteiger partial charge is 0.349 e. The van der Waals surface area contributed by atoms with Crippen LogP contribution in [0.25, 0.3) is 10.3 Å². The molecule has 0 aromatic carbocycles. The number of aryl methyl sites for hydroxylation is 1. The summed E-state index contributed by atoms with van der Waals surface area (Å²) in [7, 11) is 0. The number of hydrogen-bond donors (Lipinski definition) is 2. The van der Waals surface area contributed by atoms with Gasteiger partial charge in [-0.2, -0.15) is 4.98 Å². The minimum absolute atomic E-state index is 0.0131. The maximum atomic E-state index is 13.3. The molecule has 0 spiro atoms. The van der Waals surface area contributed by atoms with Crippen LogP contribution in [0.2, 0.25) is 0 Å². The van der Waals surface area contributed by atoms with Gasteiger partial charge in [-0.3, -0.25) is 14.6 Å². The molecule has 4 fully saturated rings. The van der Waals surface area contributed by atoms with Gasteiger partial charge in [0.2, 0.25) is 11.9 Å². The third kappa shape index (κ3) is 3.43. The number of anilines is 1. The highest BCUT2D eigenvalue weighted by atomic mass is 32.1. The standard InChI is InChI=1S/C23H25N7O2S/c1-12(15-4-3-5-24-9-15)25-22-28-17(18-19(29-22)26-13(2)33-18)20(31)30-10-16(11-30)27-21(32)23-6-14(7-23)8-23/h3-5,9,12,14,16H,6-8,10-11H2,1-2H3,(H,27,32)(H,25,28,29)/t12-,14?,23?/m0/s1. The summed E-state index contributed by atoms with van der Waals surface area (Å²) in [5, 5.41) is 7.24. The van der Waals surface area contributed by atoms with Gasteiger partial charge in [-0.1, -0.05) is 6.07 Å². The van der Waals surface area contributed by atoms with Crippen molar-refractivity contribution in [2.24, 2.45) is 11.3 Å². The van der Waals surface area contributed by atoms with Gasteiger partial charge in [0.15, 0.2) is 11.3 Å². The van der Waals surface area contributed by atoms with E-state index in [9.17, 15) is 9.59 Å². The van der Waals surface area contributed by atoms with E-state index in [-0.39, 0.29) is 29.3 Å². The molecule has 2 bridgehead atoms. The number of pyridine rings is 1. The molecule has 3 aliphatic carbocycles. The van der Waals surface area contributed by atoms with Crippen molar-refractivity contribution in [2.45, 2.75) is 45.2 Å². The molecule has 4 aliphatic rings. The van der Waals surface area contributed by atoms with Crippen molar-refractivity contribution in [3.63, 3.8) is 0 Å². The number of hydrogen-bond acceptors (Lipinski definition) is 8. The van der Waals surface area contributed by atoms with Crippen LogP contribution >= 0.6 is 11.3 Å². The van der Waals surface area contributed by atoms with E-state index in [4.69, 9.17) is 0 Å². The molecule has 9 nitrogen and oxygen atoms in total. The maximum Gasteiger partial charge on any atom is 0.274 e. The summed E-state index contributed by atoms with van der Waals surface area (Å²) in [5.41, 5.74) is 1.77. The first-order valence-electron chi connectivity index (χ1n) is 11.3. The maximum absolute atomic E-state index is 13.3. The molecule has 1 saturated heterocycles. The van der Waals surface area contributed by atoms with E-state index in [0.29, 0.717) is 35.1 Å². The molecular weight excluding hydrogens is 438 g/mol. The number of rotatable bonds is 6.